The van der Waals surface area contributed by atoms with Crippen LogP contribution in [0.4, 0.5) is 5.69 Å². The molecule has 1 aromatic heterocycles. The van der Waals surface area contributed by atoms with E-state index in [0.717, 1.165) is 0 Å². The van der Waals surface area contributed by atoms with Crippen LogP contribution in [0.2, 0.25) is 5.02 Å². The van der Waals surface area contributed by atoms with Crippen molar-refractivity contribution < 1.29 is 13.2 Å². The van der Waals surface area contributed by atoms with E-state index in [-0.39, 0.29) is 15.6 Å². The lowest BCUT2D eigenvalue weighted by Crippen LogP contribution is -2.30. The molecule has 1 aromatic carbocycles. The van der Waals surface area contributed by atoms with Crippen molar-refractivity contribution >= 4 is 33.2 Å². The largest absolute Gasteiger partial charge is 0.319 e. The number of amides is 1. The first-order valence-corrected chi connectivity index (χ1v) is 9.64. The fraction of sp³-hybridized carbons (Fsp3) is 0.375. The van der Waals surface area contributed by atoms with Gasteiger partial charge >= 0.3 is 0 Å². The zero-order valence-electron chi connectivity index (χ0n) is 14.6. The highest BCUT2D eigenvalue weighted by atomic mass is 35.5. The van der Waals surface area contributed by atoms with E-state index in [1.165, 1.54) is 27.2 Å². The highest BCUT2D eigenvalue weighted by Crippen LogP contribution is 2.27. The Hall–Kier alpha value is -1.90. The van der Waals surface area contributed by atoms with E-state index in [0.29, 0.717) is 24.5 Å². The van der Waals surface area contributed by atoms with Crippen LogP contribution in [0.5, 0.6) is 0 Å². The number of aromatic nitrogens is 2. The Bertz CT molecular complexity index is 889. The number of halogens is 1. The number of anilines is 1. The summed E-state index contributed by atoms with van der Waals surface area (Å²) in [4.78, 5) is 12.5. The lowest BCUT2D eigenvalue weighted by Gasteiger charge is -2.19. The van der Waals surface area contributed by atoms with Crippen molar-refractivity contribution in [3.8, 4) is 0 Å². The number of hydrogen-bond donors (Lipinski definition) is 1. The maximum atomic E-state index is 12.6. The summed E-state index contributed by atoms with van der Waals surface area (Å²) in [5, 5.41) is 7.03. The molecule has 0 aliphatic carbocycles. The van der Waals surface area contributed by atoms with Gasteiger partial charge in [0.25, 0.3) is 5.91 Å². The Morgan fingerprint density at radius 2 is 1.92 bits per heavy atom. The number of carbonyl (C=O) groups is 1. The van der Waals surface area contributed by atoms with Crippen LogP contribution < -0.4 is 5.32 Å². The Morgan fingerprint density at radius 3 is 2.44 bits per heavy atom. The number of aryl methyl sites for hydroxylation is 2. The summed E-state index contributed by atoms with van der Waals surface area (Å²) in [6.07, 6.45) is 0. The monoisotopic (exact) mass is 384 g/mol. The summed E-state index contributed by atoms with van der Waals surface area (Å²) in [6.45, 7) is 6.03. The van der Waals surface area contributed by atoms with E-state index in [1.54, 1.807) is 33.9 Å². The van der Waals surface area contributed by atoms with Gasteiger partial charge in [0, 0.05) is 20.1 Å². The van der Waals surface area contributed by atoms with Gasteiger partial charge in [0.1, 0.15) is 5.69 Å². The standard InChI is InChI=1S/C16H21ClN4O3S/c1-5-21(6-2)25(23,24)12-7-8-13(17)14(10-12)18-16(22)15-9-11(3)19-20(15)4/h7-10H,5-6H2,1-4H3,(H,18,22). The molecule has 136 valence electrons. The zero-order valence-corrected chi connectivity index (χ0v) is 16.1. The van der Waals surface area contributed by atoms with Crippen LogP contribution >= 0.6 is 11.6 Å². The molecule has 0 unspecified atom stereocenters. The lowest BCUT2D eigenvalue weighted by molar-refractivity contribution is 0.101. The predicted octanol–water partition coefficient (Wildman–Crippen LogP) is 2.66. The van der Waals surface area contributed by atoms with Gasteiger partial charge in [-0.25, -0.2) is 8.42 Å². The zero-order chi connectivity index (χ0) is 18.8. The smallest absolute Gasteiger partial charge is 0.273 e. The van der Waals surface area contributed by atoms with Gasteiger partial charge in [-0.15, -0.1) is 0 Å². The summed E-state index contributed by atoms with van der Waals surface area (Å²) in [5.41, 5.74) is 1.29. The van der Waals surface area contributed by atoms with Gasteiger partial charge in [0.15, 0.2) is 0 Å². The molecular weight excluding hydrogens is 364 g/mol. The molecule has 1 amide bonds. The third-order valence-corrected chi connectivity index (χ3v) is 6.14. The first-order chi connectivity index (χ1) is 11.7. The molecule has 0 aliphatic heterocycles. The van der Waals surface area contributed by atoms with E-state index in [2.05, 4.69) is 10.4 Å². The Kier molecular flexibility index (Phi) is 5.87. The molecule has 0 atom stereocenters. The second-order valence-corrected chi connectivity index (χ2v) is 7.82. The van der Waals surface area contributed by atoms with Crippen LogP contribution in [0.25, 0.3) is 0 Å². The second kappa shape index (κ2) is 7.55. The summed E-state index contributed by atoms with van der Waals surface area (Å²) >= 11 is 6.12. The van der Waals surface area contributed by atoms with Crippen LogP contribution in [0.3, 0.4) is 0 Å². The van der Waals surface area contributed by atoms with Crippen LogP contribution in [0.1, 0.15) is 30.0 Å². The number of nitrogens with zero attached hydrogens (tertiary/aromatic N) is 3. The fourth-order valence-electron chi connectivity index (χ4n) is 2.48. The average molecular weight is 385 g/mol. The molecule has 0 saturated heterocycles. The SMILES string of the molecule is CCN(CC)S(=O)(=O)c1ccc(Cl)c(NC(=O)c2cc(C)nn2C)c1. The minimum absolute atomic E-state index is 0.0806. The van der Waals surface area contributed by atoms with Gasteiger partial charge in [0.2, 0.25) is 10.0 Å². The van der Waals surface area contributed by atoms with Gasteiger partial charge in [-0.3, -0.25) is 9.48 Å². The van der Waals surface area contributed by atoms with E-state index in [4.69, 9.17) is 11.6 Å². The number of sulfonamides is 1. The van der Waals surface area contributed by atoms with E-state index < -0.39 is 15.9 Å². The van der Waals surface area contributed by atoms with Gasteiger partial charge in [-0.2, -0.15) is 9.40 Å². The maximum Gasteiger partial charge on any atom is 0.273 e. The quantitative estimate of drug-likeness (QED) is 0.829. The fourth-order valence-corrected chi connectivity index (χ4v) is 4.13. The number of rotatable bonds is 6. The van der Waals surface area contributed by atoms with Gasteiger partial charge in [-0.1, -0.05) is 25.4 Å². The van der Waals surface area contributed by atoms with Crippen LogP contribution in [0, 0.1) is 6.92 Å². The molecule has 2 aromatic rings. The molecule has 7 nitrogen and oxygen atoms in total. The van der Waals surface area contributed by atoms with Gasteiger partial charge < -0.3 is 5.32 Å². The van der Waals surface area contributed by atoms with Crippen molar-refractivity contribution in [2.45, 2.75) is 25.7 Å². The molecule has 2 rings (SSSR count). The molecular formula is C16H21ClN4O3S. The number of carbonyl (C=O) groups excluding carboxylic acids is 1. The third-order valence-electron chi connectivity index (χ3n) is 3.76. The Labute approximate surface area is 152 Å². The minimum Gasteiger partial charge on any atom is -0.319 e. The van der Waals surface area contributed by atoms with Crippen molar-refractivity contribution in [2.75, 3.05) is 18.4 Å². The molecule has 0 fully saturated rings. The highest BCUT2D eigenvalue weighted by molar-refractivity contribution is 7.89. The van der Waals surface area contributed by atoms with Crippen LogP contribution in [0.15, 0.2) is 29.2 Å². The first kappa shape index (κ1) is 19.4. The minimum atomic E-state index is -3.64. The maximum absolute atomic E-state index is 12.6. The number of nitrogens with one attached hydrogen (secondary N) is 1. The van der Waals surface area contributed by atoms with Crippen LogP contribution in [-0.2, 0) is 17.1 Å². The topological polar surface area (TPSA) is 84.3 Å². The lowest BCUT2D eigenvalue weighted by atomic mass is 10.3. The third kappa shape index (κ3) is 4.02. The number of benzene rings is 1. The van der Waals surface area contributed by atoms with E-state index in [9.17, 15) is 13.2 Å². The predicted molar refractivity (Wildman–Crippen MR) is 97.5 cm³/mol. The summed E-state index contributed by atoms with van der Waals surface area (Å²) < 4.78 is 28.0. The summed E-state index contributed by atoms with van der Waals surface area (Å²) in [7, 11) is -1.98. The van der Waals surface area contributed by atoms with E-state index >= 15 is 0 Å². The summed E-state index contributed by atoms with van der Waals surface area (Å²) in [6, 6.07) is 5.90. The van der Waals surface area contributed by atoms with Crippen molar-refractivity contribution in [2.24, 2.45) is 7.05 Å². The molecule has 0 radical (unpaired) electrons. The molecule has 0 saturated carbocycles. The molecule has 0 aliphatic rings. The molecule has 0 spiro atoms. The second-order valence-electron chi connectivity index (χ2n) is 5.48. The van der Waals surface area contributed by atoms with Crippen molar-refractivity contribution in [3.63, 3.8) is 0 Å². The van der Waals surface area contributed by atoms with Gasteiger partial charge in [-0.05, 0) is 31.2 Å². The molecule has 25 heavy (non-hydrogen) atoms. The van der Waals surface area contributed by atoms with Crippen LogP contribution in [-0.4, -0.2) is 41.5 Å². The van der Waals surface area contributed by atoms with Crippen molar-refractivity contribution in [1.82, 2.24) is 14.1 Å². The Morgan fingerprint density at radius 1 is 1.28 bits per heavy atom. The molecule has 1 N–H and O–H groups in total. The normalized spacial score (nSPS) is 11.8. The van der Waals surface area contributed by atoms with Crippen molar-refractivity contribution in [1.29, 1.82) is 0 Å². The molecule has 1 heterocycles. The van der Waals surface area contributed by atoms with Crippen molar-refractivity contribution in [3.05, 3.63) is 40.7 Å². The molecule has 0 bridgehead atoms. The average Bonchev–Trinajstić information content (AvgIpc) is 2.88. The summed E-state index contributed by atoms with van der Waals surface area (Å²) in [5.74, 6) is -0.414. The molecule has 9 heteroatoms. The number of hydrogen-bond acceptors (Lipinski definition) is 4. The first-order valence-electron chi connectivity index (χ1n) is 7.82. The van der Waals surface area contributed by atoms with E-state index in [1.807, 2.05) is 0 Å². The highest BCUT2D eigenvalue weighted by Gasteiger charge is 2.23. The van der Waals surface area contributed by atoms with Gasteiger partial charge in [0.05, 0.1) is 21.3 Å². The Balaban J connectivity index is 2.37.